The molecule has 4 atom stereocenters. The van der Waals surface area contributed by atoms with E-state index in [9.17, 15) is 5.11 Å². The number of rotatable bonds is 3. The molecule has 5 heteroatoms. The second-order valence-electron chi connectivity index (χ2n) is 7.11. The van der Waals surface area contributed by atoms with Gasteiger partial charge >= 0.3 is 0 Å². The van der Waals surface area contributed by atoms with E-state index in [2.05, 4.69) is 29.1 Å². The van der Waals surface area contributed by atoms with Gasteiger partial charge in [0, 0.05) is 5.92 Å². The Bertz CT molecular complexity index is 524. The van der Waals surface area contributed by atoms with Crippen LogP contribution in [-0.4, -0.2) is 40.4 Å². The van der Waals surface area contributed by atoms with Crippen molar-refractivity contribution in [3.05, 3.63) is 17.2 Å². The number of fused-ring (bicyclic) bond motifs is 1. The molecule has 1 aromatic rings. The van der Waals surface area contributed by atoms with Gasteiger partial charge in [-0.25, -0.2) is 9.97 Å². The summed E-state index contributed by atoms with van der Waals surface area (Å²) >= 11 is 0. The van der Waals surface area contributed by atoms with Crippen molar-refractivity contribution >= 4 is 0 Å². The maximum absolute atomic E-state index is 10.4. The summed E-state index contributed by atoms with van der Waals surface area (Å²) in [5, 5.41) is 13.8. The molecular weight excluding hydrogens is 278 g/mol. The van der Waals surface area contributed by atoms with E-state index in [4.69, 9.17) is 4.74 Å². The molecule has 5 nitrogen and oxygen atoms in total. The van der Waals surface area contributed by atoms with Crippen molar-refractivity contribution in [3.63, 3.8) is 0 Å². The van der Waals surface area contributed by atoms with Crippen LogP contribution in [0.25, 0.3) is 0 Å². The zero-order chi connectivity index (χ0) is 15.9. The van der Waals surface area contributed by atoms with Crippen molar-refractivity contribution in [3.8, 4) is 5.75 Å². The number of aryl methyl sites for hydroxylation is 2. The average molecular weight is 305 g/mol. The number of hydrogen-bond donors (Lipinski definition) is 2. The third-order valence-corrected chi connectivity index (χ3v) is 5.00. The summed E-state index contributed by atoms with van der Waals surface area (Å²) in [6, 6.07) is 0. The van der Waals surface area contributed by atoms with E-state index in [1.165, 1.54) is 0 Å². The highest BCUT2D eigenvalue weighted by atomic mass is 16.5. The molecule has 22 heavy (non-hydrogen) atoms. The summed E-state index contributed by atoms with van der Waals surface area (Å²) in [4.78, 5) is 9.12. The molecular formula is C17H27N3O2. The van der Waals surface area contributed by atoms with Gasteiger partial charge in [0.1, 0.15) is 11.9 Å². The first kappa shape index (κ1) is 15.7. The highest BCUT2D eigenvalue weighted by molar-refractivity contribution is 5.32. The zero-order valence-corrected chi connectivity index (χ0v) is 14.0. The van der Waals surface area contributed by atoms with E-state index < -0.39 is 6.10 Å². The smallest absolute Gasteiger partial charge is 0.162 e. The van der Waals surface area contributed by atoms with Crippen LogP contribution >= 0.6 is 0 Å². The van der Waals surface area contributed by atoms with Gasteiger partial charge < -0.3 is 15.2 Å². The molecule has 1 aromatic heterocycles. The van der Waals surface area contributed by atoms with Crippen molar-refractivity contribution in [1.29, 1.82) is 0 Å². The van der Waals surface area contributed by atoms with Gasteiger partial charge in [-0.1, -0.05) is 13.8 Å². The Kier molecular flexibility index (Phi) is 4.37. The average Bonchev–Trinajstić information content (AvgIpc) is 2.89. The summed E-state index contributed by atoms with van der Waals surface area (Å²) in [6.07, 6.45) is 1.19. The number of nitrogens with one attached hydrogen (secondary N) is 1. The van der Waals surface area contributed by atoms with Crippen LogP contribution in [0.4, 0.5) is 0 Å². The maximum atomic E-state index is 10.4. The fourth-order valence-electron chi connectivity index (χ4n) is 3.70. The third-order valence-electron chi connectivity index (χ3n) is 5.00. The Morgan fingerprint density at radius 2 is 1.68 bits per heavy atom. The minimum absolute atomic E-state index is 0.146. The predicted octanol–water partition coefficient (Wildman–Crippen LogP) is 1.95. The van der Waals surface area contributed by atoms with Gasteiger partial charge in [-0.15, -0.1) is 0 Å². The molecule has 122 valence electrons. The molecule has 2 heterocycles. The quantitative estimate of drug-likeness (QED) is 0.893. The summed E-state index contributed by atoms with van der Waals surface area (Å²) in [6.45, 7) is 10.2. The first-order valence-electron chi connectivity index (χ1n) is 8.36. The van der Waals surface area contributed by atoms with Crippen molar-refractivity contribution in [2.24, 2.45) is 11.8 Å². The van der Waals surface area contributed by atoms with Crippen LogP contribution in [-0.2, 0) is 0 Å². The lowest BCUT2D eigenvalue weighted by molar-refractivity contribution is -0.0240. The molecule has 0 unspecified atom stereocenters. The summed E-state index contributed by atoms with van der Waals surface area (Å²) in [5.74, 6) is 3.11. The normalized spacial score (nSPS) is 31.4. The van der Waals surface area contributed by atoms with Crippen molar-refractivity contribution in [1.82, 2.24) is 15.3 Å². The van der Waals surface area contributed by atoms with Gasteiger partial charge in [0.2, 0.25) is 0 Å². The van der Waals surface area contributed by atoms with Crippen molar-refractivity contribution in [2.75, 3.05) is 13.1 Å². The number of aliphatic hydroxyl groups is 1. The minimum atomic E-state index is -0.398. The summed E-state index contributed by atoms with van der Waals surface area (Å²) in [7, 11) is 0. The molecule has 1 saturated heterocycles. The van der Waals surface area contributed by atoms with Crippen molar-refractivity contribution < 1.29 is 9.84 Å². The molecule has 1 aliphatic carbocycles. The van der Waals surface area contributed by atoms with Crippen LogP contribution < -0.4 is 10.1 Å². The van der Waals surface area contributed by atoms with E-state index >= 15 is 0 Å². The third kappa shape index (κ3) is 2.97. The molecule has 0 bridgehead atoms. The number of aliphatic hydroxyl groups excluding tert-OH is 1. The van der Waals surface area contributed by atoms with Gasteiger partial charge in [0.05, 0.1) is 17.5 Å². The summed E-state index contributed by atoms with van der Waals surface area (Å²) in [5.41, 5.74) is 1.74. The number of nitrogens with zero attached hydrogens (tertiary/aromatic N) is 2. The van der Waals surface area contributed by atoms with Crippen molar-refractivity contribution in [2.45, 2.75) is 58.7 Å². The molecule has 3 rings (SSSR count). The van der Waals surface area contributed by atoms with Gasteiger partial charge in [0.25, 0.3) is 0 Å². The van der Waals surface area contributed by atoms with Gasteiger partial charge in [0.15, 0.2) is 5.75 Å². The fourth-order valence-corrected chi connectivity index (χ4v) is 3.70. The Morgan fingerprint density at radius 1 is 1.09 bits per heavy atom. The molecule has 1 aliphatic heterocycles. The van der Waals surface area contributed by atoms with E-state index in [1.807, 2.05) is 13.8 Å². The lowest BCUT2D eigenvalue weighted by Gasteiger charge is -2.35. The molecule has 2 N–H and O–H groups in total. The van der Waals surface area contributed by atoms with E-state index in [0.717, 1.165) is 48.9 Å². The number of ether oxygens (including phenoxy) is 1. The molecule has 0 amide bonds. The largest absolute Gasteiger partial charge is 0.484 e. The fraction of sp³-hybridized carbons (Fsp3) is 0.765. The molecule has 2 aliphatic rings. The molecule has 0 aromatic carbocycles. The first-order valence-corrected chi connectivity index (χ1v) is 8.36. The van der Waals surface area contributed by atoms with Crippen LogP contribution in [0.3, 0.4) is 0 Å². The lowest BCUT2D eigenvalue weighted by Crippen LogP contribution is -2.42. The van der Waals surface area contributed by atoms with Gasteiger partial charge in [-0.05, 0) is 51.6 Å². The zero-order valence-electron chi connectivity index (χ0n) is 14.0. The molecule has 1 saturated carbocycles. The predicted molar refractivity (Wildman–Crippen MR) is 85.1 cm³/mol. The van der Waals surface area contributed by atoms with E-state index in [0.29, 0.717) is 17.8 Å². The number of aromatic nitrogens is 2. The summed E-state index contributed by atoms with van der Waals surface area (Å²) < 4.78 is 6.17. The Morgan fingerprint density at radius 3 is 2.27 bits per heavy atom. The van der Waals surface area contributed by atoms with Gasteiger partial charge in [-0.3, -0.25) is 0 Å². The number of hydrogen-bond acceptors (Lipinski definition) is 5. The topological polar surface area (TPSA) is 67.3 Å². The highest BCUT2D eigenvalue weighted by Crippen LogP contribution is 2.35. The first-order chi connectivity index (χ1) is 10.5. The monoisotopic (exact) mass is 305 g/mol. The molecule has 2 fully saturated rings. The van der Waals surface area contributed by atoms with Crippen LogP contribution in [0.1, 0.15) is 49.8 Å². The Labute approximate surface area is 132 Å². The Hall–Kier alpha value is -1.20. The van der Waals surface area contributed by atoms with Crippen LogP contribution in [0, 0.1) is 25.7 Å². The molecule has 0 spiro atoms. The lowest BCUT2D eigenvalue weighted by atomic mass is 9.78. The van der Waals surface area contributed by atoms with E-state index in [1.54, 1.807) is 0 Å². The standard InChI is InChI=1S/C17H27N3O2/c1-9(2)17-19-10(3)16(11(4)20-17)22-15-6-13-8-18-7-12(13)5-14(15)21/h9,12-15,18,21H,5-8H2,1-4H3/t12-,13+,14+,15+/m0/s1. The SMILES string of the molecule is Cc1nc(C(C)C)nc(C)c1O[C@@H]1C[C@@H]2CNC[C@@H]2C[C@H]1O. The van der Waals surface area contributed by atoms with Crippen LogP contribution in [0.5, 0.6) is 5.75 Å². The van der Waals surface area contributed by atoms with E-state index in [-0.39, 0.29) is 6.10 Å². The van der Waals surface area contributed by atoms with Gasteiger partial charge in [-0.2, -0.15) is 0 Å². The van der Waals surface area contributed by atoms with Crippen LogP contribution in [0.15, 0.2) is 0 Å². The van der Waals surface area contributed by atoms with Crippen LogP contribution in [0.2, 0.25) is 0 Å². The highest BCUT2D eigenvalue weighted by Gasteiger charge is 2.40. The minimum Gasteiger partial charge on any atom is -0.484 e. The Balaban J connectivity index is 1.78. The molecule has 0 radical (unpaired) electrons. The maximum Gasteiger partial charge on any atom is 0.162 e. The second kappa shape index (κ2) is 6.13. The second-order valence-corrected chi connectivity index (χ2v) is 7.11.